The smallest absolute Gasteiger partial charge is 0.235 e. The van der Waals surface area contributed by atoms with Gasteiger partial charge in [0.05, 0.1) is 28.3 Å². The van der Waals surface area contributed by atoms with Crippen LogP contribution in [0, 0.1) is 6.92 Å². The van der Waals surface area contributed by atoms with E-state index in [0.717, 1.165) is 47.0 Å². The van der Waals surface area contributed by atoms with E-state index in [-0.39, 0.29) is 29.6 Å². The van der Waals surface area contributed by atoms with Crippen LogP contribution in [0.2, 0.25) is 0 Å². The molecule has 1 N–H and O–H groups in total. The molecule has 0 unspecified atom stereocenters. The molecule has 154 valence electrons. The lowest BCUT2D eigenvalue weighted by atomic mass is 9.94. The Morgan fingerprint density at radius 1 is 1.28 bits per heavy atom. The van der Waals surface area contributed by atoms with Crippen LogP contribution in [-0.4, -0.2) is 40.4 Å². The Balaban J connectivity index is 1.58. The molecule has 1 saturated heterocycles. The molecule has 1 fully saturated rings. The highest BCUT2D eigenvalue weighted by molar-refractivity contribution is 8.00. The third-order valence-electron chi connectivity index (χ3n) is 5.75. The number of carbonyl (C=O) groups is 1. The van der Waals surface area contributed by atoms with Crippen molar-refractivity contribution in [3.63, 3.8) is 0 Å². The number of nitrogens with one attached hydrogen (secondary N) is 1. The molecule has 0 spiro atoms. The summed E-state index contributed by atoms with van der Waals surface area (Å²) in [7, 11) is 0. The van der Waals surface area contributed by atoms with Crippen molar-refractivity contribution in [2.75, 3.05) is 24.5 Å². The molecule has 1 aromatic carbocycles. The number of benzene rings is 1. The summed E-state index contributed by atoms with van der Waals surface area (Å²) in [5.74, 6) is 2.74. The number of ether oxygens (including phenoxy) is 3. The zero-order valence-electron chi connectivity index (χ0n) is 16.9. The summed E-state index contributed by atoms with van der Waals surface area (Å²) in [6.45, 7) is 7.19. The number of aromatic nitrogens is 2. The van der Waals surface area contributed by atoms with Gasteiger partial charge in [-0.3, -0.25) is 4.79 Å². The van der Waals surface area contributed by atoms with Crippen molar-refractivity contribution in [2.45, 2.75) is 50.5 Å². The van der Waals surface area contributed by atoms with Crippen LogP contribution >= 0.6 is 11.8 Å². The van der Waals surface area contributed by atoms with Gasteiger partial charge in [0.25, 0.3) is 0 Å². The van der Waals surface area contributed by atoms with Gasteiger partial charge in [0.1, 0.15) is 5.82 Å². The van der Waals surface area contributed by atoms with Crippen LogP contribution in [-0.2, 0) is 9.53 Å². The molecule has 0 aliphatic carbocycles. The second-order valence-electron chi connectivity index (χ2n) is 8.40. The third-order valence-corrected chi connectivity index (χ3v) is 7.02. The van der Waals surface area contributed by atoms with Gasteiger partial charge in [-0.15, -0.1) is 11.8 Å². The van der Waals surface area contributed by atoms with Gasteiger partial charge in [-0.2, -0.15) is 5.10 Å². The SMILES string of the molecule is Cc1nn([C@@H]2CCOC(C)(C)C2)c2c1[C@@H](c1ccc3c(c1)OCO3)SCC(=O)N2. The summed E-state index contributed by atoms with van der Waals surface area (Å²) in [6.07, 6.45) is 1.74. The molecule has 8 heteroatoms. The molecular weight excluding hydrogens is 390 g/mol. The molecule has 0 bridgehead atoms. The van der Waals surface area contributed by atoms with Crippen molar-refractivity contribution in [2.24, 2.45) is 0 Å². The average molecular weight is 416 g/mol. The van der Waals surface area contributed by atoms with Gasteiger partial charge in [-0.25, -0.2) is 4.68 Å². The van der Waals surface area contributed by atoms with Gasteiger partial charge < -0.3 is 19.5 Å². The molecule has 4 heterocycles. The van der Waals surface area contributed by atoms with Crippen molar-refractivity contribution in [3.05, 3.63) is 35.0 Å². The number of hydrogen-bond donors (Lipinski definition) is 1. The fourth-order valence-electron chi connectivity index (χ4n) is 4.42. The largest absolute Gasteiger partial charge is 0.454 e. The fraction of sp³-hybridized carbons (Fsp3) is 0.524. The maximum absolute atomic E-state index is 12.5. The molecule has 29 heavy (non-hydrogen) atoms. The highest BCUT2D eigenvalue weighted by Crippen LogP contribution is 2.47. The number of rotatable bonds is 2. The minimum Gasteiger partial charge on any atom is -0.454 e. The summed E-state index contributed by atoms with van der Waals surface area (Å²) in [5, 5.41) is 8.02. The second-order valence-corrected chi connectivity index (χ2v) is 9.49. The van der Waals surface area contributed by atoms with Crippen LogP contribution in [0.15, 0.2) is 18.2 Å². The molecule has 3 aliphatic heterocycles. The van der Waals surface area contributed by atoms with Crippen molar-refractivity contribution in [1.29, 1.82) is 0 Å². The molecule has 1 aromatic heterocycles. The zero-order chi connectivity index (χ0) is 20.2. The van der Waals surface area contributed by atoms with E-state index in [1.807, 2.05) is 23.7 Å². The average Bonchev–Trinajstić information content (AvgIpc) is 3.21. The van der Waals surface area contributed by atoms with Crippen molar-refractivity contribution in [1.82, 2.24) is 9.78 Å². The summed E-state index contributed by atoms with van der Waals surface area (Å²) in [6, 6.07) is 6.22. The number of carbonyl (C=O) groups excluding carboxylic acids is 1. The van der Waals surface area contributed by atoms with E-state index in [9.17, 15) is 4.79 Å². The Hall–Kier alpha value is -2.19. The Labute approximate surface area is 174 Å². The van der Waals surface area contributed by atoms with Gasteiger partial charge in [-0.05, 0) is 51.3 Å². The van der Waals surface area contributed by atoms with E-state index in [2.05, 4.69) is 25.2 Å². The number of anilines is 1. The van der Waals surface area contributed by atoms with Gasteiger partial charge in [0.2, 0.25) is 12.7 Å². The predicted octanol–water partition coefficient (Wildman–Crippen LogP) is 3.83. The van der Waals surface area contributed by atoms with E-state index < -0.39 is 0 Å². The highest BCUT2D eigenvalue weighted by Gasteiger charge is 2.36. The van der Waals surface area contributed by atoms with Crippen LogP contribution < -0.4 is 14.8 Å². The third kappa shape index (κ3) is 3.38. The Morgan fingerprint density at radius 3 is 2.93 bits per heavy atom. The number of hydrogen-bond acceptors (Lipinski definition) is 6. The van der Waals surface area contributed by atoms with E-state index in [4.69, 9.17) is 19.3 Å². The van der Waals surface area contributed by atoms with E-state index in [1.54, 1.807) is 11.8 Å². The molecule has 2 aromatic rings. The lowest BCUT2D eigenvalue weighted by molar-refractivity contribution is -0.113. The summed E-state index contributed by atoms with van der Waals surface area (Å²) in [5.41, 5.74) is 2.91. The molecular formula is C21H25N3O4S. The zero-order valence-corrected chi connectivity index (χ0v) is 17.7. The van der Waals surface area contributed by atoms with Crippen LogP contribution in [0.1, 0.15) is 54.8 Å². The normalized spacial score (nSPS) is 25.3. The fourth-order valence-corrected chi connectivity index (χ4v) is 5.60. The topological polar surface area (TPSA) is 74.6 Å². The lowest BCUT2D eigenvalue weighted by Crippen LogP contribution is -2.36. The Kier molecular flexibility index (Phi) is 4.51. The number of fused-ring (bicyclic) bond motifs is 2. The molecule has 0 saturated carbocycles. The summed E-state index contributed by atoms with van der Waals surface area (Å²) >= 11 is 1.62. The molecule has 3 aliphatic rings. The van der Waals surface area contributed by atoms with E-state index in [0.29, 0.717) is 12.4 Å². The number of nitrogens with zero attached hydrogens (tertiary/aromatic N) is 2. The maximum atomic E-state index is 12.5. The van der Waals surface area contributed by atoms with Crippen molar-refractivity contribution in [3.8, 4) is 11.5 Å². The molecule has 7 nitrogen and oxygen atoms in total. The quantitative estimate of drug-likeness (QED) is 0.804. The van der Waals surface area contributed by atoms with Gasteiger partial charge in [-0.1, -0.05) is 6.07 Å². The first-order chi connectivity index (χ1) is 13.9. The van der Waals surface area contributed by atoms with Crippen LogP contribution in [0.5, 0.6) is 11.5 Å². The Morgan fingerprint density at radius 2 is 2.10 bits per heavy atom. The minimum absolute atomic E-state index is 0.0000470. The van der Waals surface area contributed by atoms with Crippen LogP contribution in [0.3, 0.4) is 0 Å². The van der Waals surface area contributed by atoms with Crippen LogP contribution in [0.25, 0.3) is 0 Å². The Bertz CT molecular complexity index is 971. The van der Waals surface area contributed by atoms with Crippen molar-refractivity contribution >= 4 is 23.5 Å². The first-order valence-corrected chi connectivity index (χ1v) is 11.0. The predicted molar refractivity (Wildman–Crippen MR) is 111 cm³/mol. The molecule has 1 amide bonds. The highest BCUT2D eigenvalue weighted by atomic mass is 32.2. The second kappa shape index (κ2) is 6.95. The van der Waals surface area contributed by atoms with E-state index in [1.165, 1.54) is 0 Å². The van der Waals surface area contributed by atoms with E-state index >= 15 is 0 Å². The first kappa shape index (κ1) is 18.8. The minimum atomic E-state index is -0.199. The van der Waals surface area contributed by atoms with Gasteiger partial charge in [0, 0.05) is 12.2 Å². The van der Waals surface area contributed by atoms with Gasteiger partial charge >= 0.3 is 0 Å². The number of aryl methyl sites for hydroxylation is 1. The first-order valence-electron chi connectivity index (χ1n) is 9.95. The molecule has 5 rings (SSSR count). The van der Waals surface area contributed by atoms with Crippen molar-refractivity contribution < 1.29 is 19.0 Å². The molecule has 0 radical (unpaired) electrons. The standard InChI is InChI=1S/C21H25N3O4S/c1-12-18-19(13-4-5-15-16(8-13)27-11-26-15)29-10-17(25)22-20(18)24(23-12)14-6-7-28-21(2,3)9-14/h4-5,8,14,19H,6-7,9-11H2,1-3H3,(H,22,25)/t14-,19-/m1/s1. The lowest BCUT2D eigenvalue weighted by Gasteiger charge is -2.36. The summed E-state index contributed by atoms with van der Waals surface area (Å²) < 4.78 is 18.9. The summed E-state index contributed by atoms with van der Waals surface area (Å²) in [4.78, 5) is 12.5. The molecule has 2 atom stereocenters. The monoisotopic (exact) mass is 415 g/mol. The van der Waals surface area contributed by atoms with Crippen LogP contribution in [0.4, 0.5) is 5.82 Å². The number of amides is 1. The number of thioether (sulfide) groups is 1. The maximum Gasteiger partial charge on any atom is 0.235 e. The van der Waals surface area contributed by atoms with Gasteiger partial charge in [0.15, 0.2) is 11.5 Å².